The van der Waals surface area contributed by atoms with Crippen LogP contribution in [-0.2, 0) is 17.6 Å². The highest BCUT2D eigenvalue weighted by molar-refractivity contribution is 8.01. The van der Waals surface area contributed by atoms with E-state index in [9.17, 15) is 19.1 Å². The number of carboxylic acid groups (broad SMARTS) is 1. The van der Waals surface area contributed by atoms with Gasteiger partial charge in [0.05, 0.1) is 0 Å². The largest absolute Gasteiger partial charge is 0.480 e. The van der Waals surface area contributed by atoms with Crippen molar-refractivity contribution in [3.63, 3.8) is 0 Å². The number of anilines is 1. The van der Waals surface area contributed by atoms with Crippen LogP contribution < -0.4 is 5.32 Å². The molecule has 2 aromatic carbocycles. The van der Waals surface area contributed by atoms with Crippen molar-refractivity contribution in [1.82, 2.24) is 4.90 Å². The molecule has 0 saturated carbocycles. The van der Waals surface area contributed by atoms with Crippen LogP contribution in [0.5, 0.6) is 0 Å². The van der Waals surface area contributed by atoms with Crippen LogP contribution in [0.4, 0.5) is 14.9 Å². The van der Waals surface area contributed by atoms with Gasteiger partial charge in [-0.15, -0.1) is 11.8 Å². The van der Waals surface area contributed by atoms with E-state index in [2.05, 4.69) is 24.4 Å². The molecule has 7 heteroatoms. The number of halogens is 1. The number of thioether (sulfide) groups is 1. The van der Waals surface area contributed by atoms with Crippen molar-refractivity contribution in [1.29, 1.82) is 0 Å². The van der Waals surface area contributed by atoms with Crippen molar-refractivity contribution < 1.29 is 19.1 Å². The molecule has 0 saturated heterocycles. The molecule has 0 aromatic heterocycles. The Morgan fingerprint density at radius 2 is 1.82 bits per heavy atom. The van der Waals surface area contributed by atoms with E-state index >= 15 is 0 Å². The first-order chi connectivity index (χ1) is 16.2. The van der Waals surface area contributed by atoms with Gasteiger partial charge in [-0.3, -0.25) is 4.79 Å². The second kappa shape index (κ2) is 11.7. The number of carbonyl (C=O) groups is 2. The molecular formula is C27H35FN2O3S. The quantitative estimate of drug-likeness (QED) is 0.272. The van der Waals surface area contributed by atoms with Crippen molar-refractivity contribution in [2.45, 2.75) is 81.4 Å². The Morgan fingerprint density at radius 3 is 2.53 bits per heavy atom. The van der Waals surface area contributed by atoms with Crippen molar-refractivity contribution in [2.75, 3.05) is 11.9 Å². The third-order valence-electron chi connectivity index (χ3n) is 6.26. The van der Waals surface area contributed by atoms with Crippen LogP contribution in [0.1, 0.15) is 64.0 Å². The van der Waals surface area contributed by atoms with Crippen LogP contribution in [0.3, 0.4) is 0 Å². The molecule has 34 heavy (non-hydrogen) atoms. The number of fused-ring (bicyclic) bond motifs is 1. The lowest BCUT2D eigenvalue weighted by Gasteiger charge is -2.29. The SMILES string of the molecule is CCCCCCCN(C(=O)Nc1cccc(F)c1)C1Cc2ccc(SC(C)(C)C(=O)O)cc2C1. The van der Waals surface area contributed by atoms with Crippen molar-refractivity contribution in [3.8, 4) is 0 Å². The monoisotopic (exact) mass is 486 g/mol. The standard InChI is InChI=1S/C27H35FN2O3S/c1-4-5-6-7-8-14-30(26(33)29-22-11-9-10-21(28)18-22)23-15-19-12-13-24(17-20(19)16-23)34-27(2,3)25(31)32/h9-13,17-18,23H,4-8,14-16H2,1-3H3,(H,29,33)(H,31,32). The number of amides is 2. The highest BCUT2D eigenvalue weighted by atomic mass is 32.2. The highest BCUT2D eigenvalue weighted by Crippen LogP contribution is 2.36. The van der Waals surface area contributed by atoms with Gasteiger partial charge in [0, 0.05) is 23.2 Å². The van der Waals surface area contributed by atoms with E-state index in [1.807, 2.05) is 11.0 Å². The maximum absolute atomic E-state index is 13.6. The van der Waals surface area contributed by atoms with Gasteiger partial charge in [0.1, 0.15) is 10.6 Å². The summed E-state index contributed by atoms with van der Waals surface area (Å²) in [6.45, 7) is 6.23. The minimum Gasteiger partial charge on any atom is -0.480 e. The molecule has 0 radical (unpaired) electrons. The molecule has 2 amide bonds. The first kappa shape index (κ1) is 26.1. The topological polar surface area (TPSA) is 69.6 Å². The lowest BCUT2D eigenvalue weighted by molar-refractivity contribution is -0.138. The maximum atomic E-state index is 13.6. The van der Waals surface area contributed by atoms with Gasteiger partial charge in [-0.1, -0.05) is 44.7 Å². The summed E-state index contributed by atoms with van der Waals surface area (Å²) < 4.78 is 12.7. The van der Waals surface area contributed by atoms with Crippen molar-refractivity contribution in [2.24, 2.45) is 0 Å². The Bertz CT molecular complexity index is 1010. The summed E-state index contributed by atoms with van der Waals surface area (Å²) in [5.41, 5.74) is 2.80. The predicted molar refractivity (Wildman–Crippen MR) is 136 cm³/mol. The van der Waals surface area contributed by atoms with Crippen molar-refractivity contribution in [3.05, 3.63) is 59.4 Å². The number of nitrogens with one attached hydrogen (secondary N) is 1. The molecule has 0 bridgehead atoms. The zero-order valence-corrected chi connectivity index (χ0v) is 21.1. The lowest BCUT2D eigenvalue weighted by Crippen LogP contribution is -2.44. The summed E-state index contributed by atoms with van der Waals surface area (Å²) >= 11 is 1.33. The number of aliphatic carboxylic acids is 1. The van der Waals surface area contributed by atoms with E-state index < -0.39 is 10.7 Å². The Labute approximate surface area is 206 Å². The number of urea groups is 1. The van der Waals surface area contributed by atoms with Crippen LogP contribution in [0.25, 0.3) is 0 Å². The molecule has 2 aromatic rings. The molecule has 0 spiro atoms. The van der Waals surface area contributed by atoms with Crippen LogP contribution in [0.15, 0.2) is 47.4 Å². The molecule has 5 nitrogen and oxygen atoms in total. The van der Waals surface area contributed by atoms with E-state index in [1.165, 1.54) is 42.3 Å². The van der Waals surface area contributed by atoms with Gasteiger partial charge in [-0.25, -0.2) is 9.18 Å². The highest BCUT2D eigenvalue weighted by Gasteiger charge is 2.32. The first-order valence-corrected chi connectivity index (χ1v) is 12.9. The van der Waals surface area contributed by atoms with E-state index in [0.717, 1.165) is 42.6 Å². The molecule has 1 atom stereocenters. The van der Waals surface area contributed by atoms with Gasteiger partial charge in [-0.05, 0) is 74.6 Å². The molecule has 3 rings (SSSR count). The number of carbonyl (C=O) groups excluding carboxylic acids is 1. The van der Waals surface area contributed by atoms with Gasteiger partial charge >= 0.3 is 12.0 Å². The lowest BCUT2D eigenvalue weighted by atomic mass is 10.1. The molecule has 0 fully saturated rings. The third-order valence-corrected chi connectivity index (χ3v) is 7.43. The van der Waals surface area contributed by atoms with Gasteiger partial charge in [0.25, 0.3) is 0 Å². The van der Waals surface area contributed by atoms with Crippen LogP contribution >= 0.6 is 11.8 Å². The Hall–Kier alpha value is -2.54. The number of benzene rings is 2. The molecule has 0 heterocycles. The summed E-state index contributed by atoms with van der Waals surface area (Å²) in [6, 6.07) is 11.9. The molecule has 184 valence electrons. The zero-order chi connectivity index (χ0) is 24.7. The van der Waals surface area contributed by atoms with E-state index in [0.29, 0.717) is 12.2 Å². The predicted octanol–water partition coefficient (Wildman–Crippen LogP) is 6.75. The number of hydrogen-bond acceptors (Lipinski definition) is 3. The minimum absolute atomic E-state index is 0.0162. The summed E-state index contributed by atoms with van der Waals surface area (Å²) in [6.07, 6.45) is 7.00. The summed E-state index contributed by atoms with van der Waals surface area (Å²) in [7, 11) is 0. The van der Waals surface area contributed by atoms with Crippen LogP contribution in [0, 0.1) is 5.82 Å². The molecular weight excluding hydrogens is 451 g/mol. The number of rotatable bonds is 11. The summed E-state index contributed by atoms with van der Waals surface area (Å²) in [5, 5.41) is 12.3. The van der Waals surface area contributed by atoms with E-state index in [4.69, 9.17) is 0 Å². The Balaban J connectivity index is 1.72. The zero-order valence-electron chi connectivity index (χ0n) is 20.3. The number of unbranched alkanes of at least 4 members (excludes halogenated alkanes) is 4. The van der Waals surface area contributed by atoms with E-state index in [-0.39, 0.29) is 17.9 Å². The number of nitrogens with zero attached hydrogens (tertiary/aromatic N) is 1. The average Bonchev–Trinajstić information content (AvgIpc) is 3.18. The molecule has 1 aliphatic rings. The maximum Gasteiger partial charge on any atom is 0.322 e. The fourth-order valence-electron chi connectivity index (χ4n) is 4.29. The van der Waals surface area contributed by atoms with E-state index in [1.54, 1.807) is 26.0 Å². The third kappa shape index (κ3) is 6.98. The molecule has 1 unspecified atom stereocenters. The Kier molecular flexibility index (Phi) is 9.00. The number of carboxylic acids is 1. The molecule has 2 N–H and O–H groups in total. The van der Waals surface area contributed by atoms with Gasteiger partial charge in [-0.2, -0.15) is 0 Å². The summed E-state index contributed by atoms with van der Waals surface area (Å²) in [4.78, 5) is 27.6. The fourth-order valence-corrected chi connectivity index (χ4v) is 5.30. The van der Waals surface area contributed by atoms with Crippen LogP contribution in [0.2, 0.25) is 0 Å². The fraction of sp³-hybridized carbons (Fsp3) is 0.481. The first-order valence-electron chi connectivity index (χ1n) is 12.1. The molecule has 1 aliphatic carbocycles. The van der Waals surface area contributed by atoms with Gasteiger partial charge in [0.2, 0.25) is 0 Å². The minimum atomic E-state index is -0.915. The smallest absolute Gasteiger partial charge is 0.322 e. The second-order valence-corrected chi connectivity index (χ2v) is 11.2. The summed E-state index contributed by atoms with van der Waals surface area (Å²) in [5.74, 6) is -1.23. The van der Waals surface area contributed by atoms with Crippen molar-refractivity contribution >= 4 is 29.4 Å². The average molecular weight is 487 g/mol. The van der Waals surface area contributed by atoms with Gasteiger partial charge in [0.15, 0.2) is 0 Å². The van der Waals surface area contributed by atoms with Crippen LogP contribution in [-0.4, -0.2) is 39.3 Å². The van der Waals surface area contributed by atoms with Gasteiger partial charge < -0.3 is 15.3 Å². The second-order valence-electron chi connectivity index (χ2n) is 9.46. The number of hydrogen-bond donors (Lipinski definition) is 2. The molecule has 0 aliphatic heterocycles. The normalized spacial score (nSPS) is 15.1. The Morgan fingerprint density at radius 1 is 1.09 bits per heavy atom.